The largest absolute Gasteiger partial charge is 0.496 e. The molecule has 1 fully saturated rings. The maximum atomic E-state index is 12.1. The number of morpholine rings is 1. The van der Waals surface area contributed by atoms with E-state index in [1.807, 2.05) is 18.2 Å². The maximum Gasteiger partial charge on any atom is 0.314 e. The highest BCUT2D eigenvalue weighted by molar-refractivity contribution is 5.77. The molecule has 2 aromatic carbocycles. The molecule has 1 amide bonds. The van der Waals surface area contributed by atoms with E-state index in [0.29, 0.717) is 25.4 Å². The predicted molar refractivity (Wildman–Crippen MR) is 110 cm³/mol. The zero-order valence-electron chi connectivity index (χ0n) is 16.8. The molecule has 160 valence electrons. The van der Waals surface area contributed by atoms with Gasteiger partial charge in [-0.3, -0.25) is 19.8 Å². The van der Waals surface area contributed by atoms with Gasteiger partial charge in [0.2, 0.25) is 0 Å². The number of nitrogens with one attached hydrogen (secondary N) is 1. The van der Waals surface area contributed by atoms with Crippen molar-refractivity contribution in [2.24, 2.45) is 0 Å². The second-order valence-corrected chi connectivity index (χ2v) is 6.90. The van der Waals surface area contributed by atoms with E-state index in [1.54, 1.807) is 0 Å². The van der Waals surface area contributed by atoms with Gasteiger partial charge in [-0.2, -0.15) is 0 Å². The molecule has 0 saturated carbocycles. The number of rotatable bonds is 9. The van der Waals surface area contributed by atoms with Gasteiger partial charge >= 0.3 is 5.69 Å². The lowest BCUT2D eigenvalue weighted by Crippen LogP contribution is -2.47. The number of nitro groups is 1. The number of carbonyl (C=O) groups excluding carboxylic acids is 1. The molecule has 9 heteroatoms. The molecular weight excluding hydrogens is 390 g/mol. The van der Waals surface area contributed by atoms with E-state index in [9.17, 15) is 14.9 Å². The molecule has 1 saturated heterocycles. The van der Waals surface area contributed by atoms with E-state index >= 15 is 0 Å². The van der Waals surface area contributed by atoms with Crippen LogP contribution in [0, 0.1) is 10.1 Å². The van der Waals surface area contributed by atoms with Gasteiger partial charge in [0.05, 0.1) is 30.8 Å². The standard InChI is InChI=1S/C21H25N3O6/c1-28-17-7-8-20(19(11-17)24(26)27)30-15-21(25)22-12-18-14-23(9-10-29-18)13-16-5-3-2-4-6-16/h2-8,11,18H,9-10,12-15H2,1H3,(H,22,25). The summed E-state index contributed by atoms with van der Waals surface area (Å²) in [5.74, 6) is -0.0178. The molecule has 0 spiro atoms. The zero-order chi connectivity index (χ0) is 21.3. The van der Waals surface area contributed by atoms with Crippen molar-refractivity contribution in [3.8, 4) is 11.5 Å². The van der Waals surface area contributed by atoms with Crippen molar-refractivity contribution in [2.45, 2.75) is 12.6 Å². The summed E-state index contributed by atoms with van der Waals surface area (Å²) < 4.78 is 16.1. The monoisotopic (exact) mass is 415 g/mol. The number of hydrogen-bond acceptors (Lipinski definition) is 7. The minimum Gasteiger partial charge on any atom is -0.496 e. The van der Waals surface area contributed by atoms with Gasteiger partial charge < -0.3 is 19.5 Å². The van der Waals surface area contributed by atoms with E-state index in [-0.39, 0.29) is 30.1 Å². The number of amides is 1. The van der Waals surface area contributed by atoms with Gasteiger partial charge in [-0.05, 0) is 17.7 Å². The lowest BCUT2D eigenvalue weighted by Gasteiger charge is -2.33. The summed E-state index contributed by atoms with van der Waals surface area (Å²) in [6, 6.07) is 14.4. The fourth-order valence-corrected chi connectivity index (χ4v) is 3.20. The topological polar surface area (TPSA) is 103 Å². The Bertz CT molecular complexity index is 861. The number of carbonyl (C=O) groups is 1. The Kier molecular flexibility index (Phi) is 7.58. The van der Waals surface area contributed by atoms with E-state index in [0.717, 1.165) is 13.1 Å². The fourth-order valence-electron chi connectivity index (χ4n) is 3.20. The van der Waals surface area contributed by atoms with Gasteiger partial charge in [0.15, 0.2) is 12.4 Å². The minimum atomic E-state index is -0.576. The van der Waals surface area contributed by atoms with Crippen LogP contribution in [0.4, 0.5) is 5.69 Å². The number of hydrogen-bond donors (Lipinski definition) is 1. The molecule has 0 radical (unpaired) electrons. The number of nitro benzene ring substituents is 1. The number of ether oxygens (including phenoxy) is 3. The normalized spacial score (nSPS) is 16.6. The third-order valence-corrected chi connectivity index (χ3v) is 4.72. The molecule has 2 aromatic rings. The third-order valence-electron chi connectivity index (χ3n) is 4.72. The van der Waals surface area contributed by atoms with Crippen LogP contribution >= 0.6 is 0 Å². The van der Waals surface area contributed by atoms with Crippen molar-refractivity contribution in [3.63, 3.8) is 0 Å². The summed E-state index contributed by atoms with van der Waals surface area (Å²) >= 11 is 0. The van der Waals surface area contributed by atoms with Crippen LogP contribution in [-0.2, 0) is 16.1 Å². The van der Waals surface area contributed by atoms with Gasteiger partial charge in [0.1, 0.15) is 5.75 Å². The molecule has 1 N–H and O–H groups in total. The first-order valence-electron chi connectivity index (χ1n) is 9.65. The van der Waals surface area contributed by atoms with Gasteiger partial charge in [-0.15, -0.1) is 0 Å². The number of benzene rings is 2. The van der Waals surface area contributed by atoms with Crippen molar-refractivity contribution in [1.29, 1.82) is 0 Å². The highest BCUT2D eigenvalue weighted by Gasteiger charge is 2.22. The van der Waals surface area contributed by atoms with Crippen molar-refractivity contribution >= 4 is 11.6 Å². The Balaban J connectivity index is 1.45. The lowest BCUT2D eigenvalue weighted by molar-refractivity contribution is -0.385. The van der Waals surface area contributed by atoms with Crippen LogP contribution in [0.5, 0.6) is 11.5 Å². The average molecular weight is 415 g/mol. The van der Waals surface area contributed by atoms with Crippen LogP contribution in [0.3, 0.4) is 0 Å². The second-order valence-electron chi connectivity index (χ2n) is 6.90. The quantitative estimate of drug-likeness (QED) is 0.493. The molecule has 1 aliphatic rings. The first kappa shape index (κ1) is 21.5. The highest BCUT2D eigenvalue weighted by atomic mass is 16.6. The molecule has 0 bridgehead atoms. The molecule has 1 unspecified atom stereocenters. The predicted octanol–water partition coefficient (Wildman–Crippen LogP) is 2.00. The third kappa shape index (κ3) is 6.16. The molecule has 0 aliphatic carbocycles. The Morgan fingerprint density at radius 2 is 2.10 bits per heavy atom. The molecular formula is C21H25N3O6. The van der Waals surface area contributed by atoms with Crippen molar-refractivity contribution in [2.75, 3.05) is 40.0 Å². The van der Waals surface area contributed by atoms with Crippen LogP contribution in [0.15, 0.2) is 48.5 Å². The van der Waals surface area contributed by atoms with Crippen LogP contribution in [0.25, 0.3) is 0 Å². The van der Waals surface area contributed by atoms with E-state index in [2.05, 4.69) is 22.3 Å². The average Bonchev–Trinajstić information content (AvgIpc) is 2.77. The molecule has 9 nitrogen and oxygen atoms in total. The summed E-state index contributed by atoms with van der Waals surface area (Å²) in [5, 5.41) is 13.9. The summed E-state index contributed by atoms with van der Waals surface area (Å²) in [6.45, 7) is 3.00. The number of nitrogens with zero attached hydrogens (tertiary/aromatic N) is 2. The second kappa shape index (κ2) is 10.6. The van der Waals surface area contributed by atoms with Gasteiger partial charge in [-0.25, -0.2) is 0 Å². The highest BCUT2D eigenvalue weighted by Crippen LogP contribution is 2.30. The Hall–Kier alpha value is -3.17. The van der Waals surface area contributed by atoms with Crippen LogP contribution in [0.2, 0.25) is 0 Å². The van der Waals surface area contributed by atoms with Crippen LogP contribution in [0.1, 0.15) is 5.56 Å². The summed E-state index contributed by atoms with van der Waals surface area (Å²) in [4.78, 5) is 25.0. The van der Waals surface area contributed by atoms with Crippen molar-refractivity contribution < 1.29 is 23.9 Å². The van der Waals surface area contributed by atoms with E-state index < -0.39 is 4.92 Å². The smallest absolute Gasteiger partial charge is 0.314 e. The summed E-state index contributed by atoms with van der Waals surface area (Å²) in [5.41, 5.74) is 0.978. The first-order valence-corrected chi connectivity index (χ1v) is 9.65. The van der Waals surface area contributed by atoms with Gasteiger partial charge in [0.25, 0.3) is 5.91 Å². The number of methoxy groups -OCH3 is 1. The molecule has 30 heavy (non-hydrogen) atoms. The maximum absolute atomic E-state index is 12.1. The van der Waals surface area contributed by atoms with Crippen LogP contribution in [-0.4, -0.2) is 61.8 Å². The zero-order valence-corrected chi connectivity index (χ0v) is 16.8. The lowest BCUT2D eigenvalue weighted by atomic mass is 10.2. The van der Waals surface area contributed by atoms with E-state index in [1.165, 1.54) is 30.9 Å². The fraction of sp³-hybridized carbons (Fsp3) is 0.381. The van der Waals surface area contributed by atoms with Crippen molar-refractivity contribution in [3.05, 3.63) is 64.2 Å². The van der Waals surface area contributed by atoms with E-state index in [4.69, 9.17) is 14.2 Å². The summed E-state index contributed by atoms with van der Waals surface area (Å²) in [6.07, 6.45) is -0.123. The Morgan fingerprint density at radius 3 is 2.83 bits per heavy atom. The minimum absolute atomic E-state index is 0.0129. The summed E-state index contributed by atoms with van der Waals surface area (Å²) in [7, 11) is 1.42. The van der Waals surface area contributed by atoms with Gasteiger partial charge in [-0.1, -0.05) is 30.3 Å². The molecule has 0 aromatic heterocycles. The van der Waals surface area contributed by atoms with Gasteiger partial charge in [0, 0.05) is 26.2 Å². The van der Waals surface area contributed by atoms with Crippen LogP contribution < -0.4 is 14.8 Å². The molecule has 1 heterocycles. The molecule has 1 aliphatic heterocycles. The Labute approximate surface area is 174 Å². The van der Waals surface area contributed by atoms with Crippen molar-refractivity contribution in [1.82, 2.24) is 10.2 Å². The Morgan fingerprint density at radius 1 is 1.30 bits per heavy atom. The SMILES string of the molecule is COc1ccc(OCC(=O)NCC2CN(Cc3ccccc3)CCO2)c([N+](=O)[O-])c1. The molecule has 1 atom stereocenters. The molecule has 3 rings (SSSR count). The first-order chi connectivity index (χ1) is 14.5.